The van der Waals surface area contributed by atoms with Crippen molar-refractivity contribution in [2.45, 2.75) is 19.8 Å². The first-order chi connectivity index (χ1) is 14.1. The summed E-state index contributed by atoms with van der Waals surface area (Å²) in [5.41, 5.74) is 3.11. The van der Waals surface area contributed by atoms with Crippen LogP contribution in [0.15, 0.2) is 48.8 Å². The van der Waals surface area contributed by atoms with E-state index in [1.54, 1.807) is 24.5 Å². The molecule has 0 radical (unpaired) electrons. The number of likely N-dealkylation sites (tertiary alicyclic amines) is 1. The number of benzene rings is 1. The van der Waals surface area contributed by atoms with E-state index in [4.69, 9.17) is 0 Å². The summed E-state index contributed by atoms with van der Waals surface area (Å²) in [4.78, 5) is 35.8. The minimum absolute atomic E-state index is 0.00997. The molecule has 2 aliphatic heterocycles. The van der Waals surface area contributed by atoms with E-state index in [1.807, 2.05) is 9.80 Å². The Hall–Kier alpha value is -2.89. The Kier molecular flexibility index (Phi) is 5.79. The highest BCUT2D eigenvalue weighted by Crippen LogP contribution is 2.23. The topological polar surface area (TPSA) is 56.8 Å². The van der Waals surface area contributed by atoms with Gasteiger partial charge in [-0.2, -0.15) is 0 Å². The first kappa shape index (κ1) is 19.4. The van der Waals surface area contributed by atoms with Crippen molar-refractivity contribution >= 4 is 17.5 Å². The van der Waals surface area contributed by atoms with Gasteiger partial charge >= 0.3 is 0 Å². The molecule has 0 N–H and O–H groups in total. The summed E-state index contributed by atoms with van der Waals surface area (Å²) >= 11 is 0. The van der Waals surface area contributed by atoms with Crippen LogP contribution < -0.4 is 4.90 Å². The Balaban J connectivity index is 1.28. The molecule has 29 heavy (non-hydrogen) atoms. The number of carbonyl (C=O) groups is 2. The molecule has 0 spiro atoms. The average molecular weight is 393 g/mol. The molecule has 0 aliphatic carbocycles. The monoisotopic (exact) mass is 392 g/mol. The summed E-state index contributed by atoms with van der Waals surface area (Å²) in [5.74, 6) is 0.289. The molecular weight excluding hydrogens is 364 g/mol. The number of amides is 2. The van der Waals surface area contributed by atoms with Crippen molar-refractivity contribution in [3.05, 3.63) is 59.9 Å². The molecular formula is C23H28N4O2. The van der Waals surface area contributed by atoms with Gasteiger partial charge in [0.25, 0.3) is 5.91 Å². The molecule has 152 valence electrons. The third-order valence-electron chi connectivity index (χ3n) is 6.00. The fourth-order valence-corrected chi connectivity index (χ4v) is 4.27. The summed E-state index contributed by atoms with van der Waals surface area (Å²) in [6.45, 7) is 6.64. The number of nitrogens with zero attached hydrogens (tertiary/aromatic N) is 4. The molecule has 2 fully saturated rings. The third-order valence-corrected chi connectivity index (χ3v) is 6.00. The van der Waals surface area contributed by atoms with Crippen molar-refractivity contribution in [1.29, 1.82) is 0 Å². The van der Waals surface area contributed by atoms with Gasteiger partial charge in [-0.15, -0.1) is 0 Å². The van der Waals surface area contributed by atoms with Crippen LogP contribution in [0.4, 0.5) is 5.69 Å². The van der Waals surface area contributed by atoms with Gasteiger partial charge < -0.3 is 14.7 Å². The fraction of sp³-hybridized carbons (Fsp3) is 0.435. The lowest BCUT2D eigenvalue weighted by Gasteiger charge is -2.39. The summed E-state index contributed by atoms with van der Waals surface area (Å²) in [7, 11) is 0. The van der Waals surface area contributed by atoms with Gasteiger partial charge in [0.05, 0.1) is 5.56 Å². The number of hydrogen-bond acceptors (Lipinski definition) is 4. The molecule has 2 saturated heterocycles. The van der Waals surface area contributed by atoms with Crippen LogP contribution in [-0.2, 0) is 4.79 Å². The van der Waals surface area contributed by atoms with E-state index < -0.39 is 0 Å². The zero-order valence-electron chi connectivity index (χ0n) is 17.0. The summed E-state index contributed by atoms with van der Waals surface area (Å²) in [6, 6.07) is 12.1. The largest absolute Gasteiger partial charge is 0.368 e. The highest BCUT2D eigenvalue weighted by Gasteiger charge is 2.32. The van der Waals surface area contributed by atoms with Gasteiger partial charge in [0.1, 0.15) is 0 Å². The first-order valence-electron chi connectivity index (χ1n) is 10.4. The number of aromatic nitrogens is 1. The van der Waals surface area contributed by atoms with Crippen LogP contribution in [0, 0.1) is 12.8 Å². The Morgan fingerprint density at radius 3 is 2.34 bits per heavy atom. The zero-order valence-corrected chi connectivity index (χ0v) is 17.0. The molecule has 0 atom stereocenters. The van der Waals surface area contributed by atoms with Crippen LogP contribution in [0.1, 0.15) is 28.8 Å². The van der Waals surface area contributed by atoms with Crippen molar-refractivity contribution in [1.82, 2.24) is 14.8 Å². The first-order valence-corrected chi connectivity index (χ1v) is 10.4. The number of anilines is 1. The van der Waals surface area contributed by atoms with E-state index in [9.17, 15) is 9.59 Å². The average Bonchev–Trinajstić information content (AvgIpc) is 2.79. The quantitative estimate of drug-likeness (QED) is 0.806. The number of pyridine rings is 1. The van der Waals surface area contributed by atoms with Crippen LogP contribution in [-0.4, -0.2) is 65.9 Å². The van der Waals surface area contributed by atoms with Gasteiger partial charge in [0.15, 0.2) is 0 Å². The van der Waals surface area contributed by atoms with Gasteiger partial charge in [-0.05, 0) is 49.6 Å². The van der Waals surface area contributed by atoms with Gasteiger partial charge in [-0.1, -0.05) is 12.1 Å². The molecule has 3 heterocycles. The molecule has 4 rings (SSSR count). The zero-order chi connectivity index (χ0) is 20.2. The van der Waals surface area contributed by atoms with Crippen molar-refractivity contribution in [3.63, 3.8) is 0 Å². The molecule has 2 aliphatic rings. The Morgan fingerprint density at radius 2 is 1.69 bits per heavy atom. The normalized spacial score (nSPS) is 18.0. The van der Waals surface area contributed by atoms with Crippen LogP contribution >= 0.6 is 0 Å². The van der Waals surface area contributed by atoms with Crippen molar-refractivity contribution in [2.75, 3.05) is 44.2 Å². The van der Waals surface area contributed by atoms with E-state index in [-0.39, 0.29) is 17.7 Å². The third kappa shape index (κ3) is 4.42. The summed E-state index contributed by atoms with van der Waals surface area (Å²) in [5, 5.41) is 0. The second-order valence-corrected chi connectivity index (χ2v) is 7.96. The van der Waals surface area contributed by atoms with E-state index in [0.717, 1.165) is 39.0 Å². The maximum Gasteiger partial charge on any atom is 0.255 e. The molecule has 1 aromatic carbocycles. The minimum Gasteiger partial charge on any atom is -0.368 e. The molecule has 6 nitrogen and oxygen atoms in total. The maximum absolute atomic E-state index is 13.0. The lowest BCUT2D eigenvalue weighted by Crippen LogP contribution is -2.52. The molecule has 0 unspecified atom stereocenters. The van der Waals surface area contributed by atoms with Crippen LogP contribution in [0.3, 0.4) is 0 Å². The molecule has 6 heteroatoms. The van der Waals surface area contributed by atoms with Crippen LogP contribution in [0.2, 0.25) is 0 Å². The lowest BCUT2D eigenvalue weighted by molar-refractivity contribution is -0.137. The predicted octanol–water partition coefficient (Wildman–Crippen LogP) is 2.59. The van der Waals surface area contributed by atoms with Crippen molar-refractivity contribution in [2.24, 2.45) is 5.92 Å². The van der Waals surface area contributed by atoms with Gasteiger partial charge in [0.2, 0.25) is 5.91 Å². The van der Waals surface area contributed by atoms with E-state index in [2.05, 4.69) is 41.1 Å². The maximum atomic E-state index is 13.0. The fourth-order valence-electron chi connectivity index (χ4n) is 4.27. The van der Waals surface area contributed by atoms with Gasteiger partial charge in [-0.25, -0.2) is 0 Å². The van der Waals surface area contributed by atoms with Gasteiger partial charge in [-0.3, -0.25) is 14.6 Å². The number of piperazine rings is 1. The molecule has 1 aromatic heterocycles. The second kappa shape index (κ2) is 8.64. The predicted molar refractivity (Wildman–Crippen MR) is 113 cm³/mol. The molecule has 2 amide bonds. The Morgan fingerprint density at radius 1 is 0.931 bits per heavy atom. The highest BCUT2D eigenvalue weighted by atomic mass is 16.2. The van der Waals surface area contributed by atoms with E-state index in [0.29, 0.717) is 18.7 Å². The number of carbonyl (C=O) groups excluding carboxylic acids is 2. The molecule has 0 saturated carbocycles. The summed E-state index contributed by atoms with van der Waals surface area (Å²) in [6.07, 6.45) is 4.75. The minimum atomic E-state index is 0.00997. The molecule has 2 aromatic rings. The van der Waals surface area contributed by atoms with E-state index in [1.165, 1.54) is 11.3 Å². The number of rotatable bonds is 3. The van der Waals surface area contributed by atoms with Crippen molar-refractivity contribution in [3.8, 4) is 0 Å². The van der Waals surface area contributed by atoms with Gasteiger partial charge in [0, 0.05) is 63.3 Å². The number of aryl methyl sites for hydroxylation is 1. The second-order valence-electron chi connectivity index (χ2n) is 7.96. The summed E-state index contributed by atoms with van der Waals surface area (Å²) < 4.78 is 0. The molecule has 0 bridgehead atoms. The van der Waals surface area contributed by atoms with Crippen LogP contribution in [0.5, 0.6) is 0 Å². The SMILES string of the molecule is Cc1cccc(N2CCN(C(=O)C3CCN(C(=O)c4cccnc4)CC3)CC2)c1. The number of hydrogen-bond donors (Lipinski definition) is 0. The highest BCUT2D eigenvalue weighted by molar-refractivity contribution is 5.94. The smallest absolute Gasteiger partial charge is 0.255 e. The number of piperidine rings is 1. The van der Waals surface area contributed by atoms with E-state index >= 15 is 0 Å². The Labute approximate surface area is 172 Å². The standard InChI is InChI=1S/C23H28N4O2/c1-18-4-2-6-21(16-18)25-12-14-27(15-13-25)22(28)19-7-10-26(11-8-19)23(29)20-5-3-9-24-17-20/h2-6,9,16-17,19H,7-8,10-15H2,1H3. The van der Waals surface area contributed by atoms with Crippen molar-refractivity contribution < 1.29 is 9.59 Å². The lowest BCUT2D eigenvalue weighted by atomic mass is 9.94. The van der Waals surface area contributed by atoms with Crippen LogP contribution in [0.25, 0.3) is 0 Å². The Bertz CT molecular complexity index is 854.